The number of esters is 1. The van der Waals surface area contributed by atoms with E-state index in [2.05, 4.69) is 5.32 Å². The maximum absolute atomic E-state index is 12.2. The lowest BCUT2D eigenvalue weighted by Gasteiger charge is -2.19. The van der Waals surface area contributed by atoms with Gasteiger partial charge in [-0.05, 0) is 17.7 Å². The summed E-state index contributed by atoms with van der Waals surface area (Å²) in [5.41, 5.74) is 1.27. The average Bonchev–Trinajstić information content (AvgIpc) is 2.63. The standard InChI is InChI=1S/C18H20ClNO5/c1-23-15-9-14(10-16(11-15)25-7-6-21)20-17(18(22)24-2)12-4-3-5-13(19)8-12/h3-5,8-11,17,20-21H,6-7H2,1-2H3. The molecular weight excluding hydrogens is 346 g/mol. The molecule has 1 atom stereocenters. The van der Waals surface area contributed by atoms with Gasteiger partial charge in [0.15, 0.2) is 6.04 Å². The Labute approximate surface area is 151 Å². The maximum atomic E-state index is 12.2. The van der Waals surface area contributed by atoms with Gasteiger partial charge in [-0.1, -0.05) is 23.7 Å². The third kappa shape index (κ3) is 5.27. The van der Waals surface area contributed by atoms with Gasteiger partial charge in [0.2, 0.25) is 0 Å². The van der Waals surface area contributed by atoms with Crippen molar-refractivity contribution < 1.29 is 24.1 Å². The summed E-state index contributed by atoms with van der Waals surface area (Å²) in [4.78, 5) is 12.2. The van der Waals surface area contributed by atoms with Crippen LogP contribution in [0, 0.1) is 0 Å². The van der Waals surface area contributed by atoms with Crippen molar-refractivity contribution in [3.8, 4) is 11.5 Å². The fraction of sp³-hybridized carbons (Fsp3) is 0.278. The number of nitrogens with one attached hydrogen (secondary N) is 1. The van der Waals surface area contributed by atoms with E-state index >= 15 is 0 Å². The van der Waals surface area contributed by atoms with E-state index in [4.69, 9.17) is 30.9 Å². The molecule has 0 spiro atoms. The first-order chi connectivity index (χ1) is 12.1. The molecule has 25 heavy (non-hydrogen) atoms. The van der Waals surface area contributed by atoms with E-state index in [-0.39, 0.29) is 13.2 Å². The molecule has 2 rings (SSSR count). The number of hydrogen-bond donors (Lipinski definition) is 2. The van der Waals surface area contributed by atoms with Crippen molar-refractivity contribution in [2.24, 2.45) is 0 Å². The van der Waals surface area contributed by atoms with Crippen LogP contribution >= 0.6 is 11.6 Å². The fourth-order valence-corrected chi connectivity index (χ4v) is 2.47. The Kier molecular flexibility index (Phi) is 6.91. The molecule has 134 valence electrons. The molecule has 0 heterocycles. The van der Waals surface area contributed by atoms with Crippen LogP contribution in [-0.2, 0) is 9.53 Å². The minimum absolute atomic E-state index is 0.104. The van der Waals surface area contributed by atoms with E-state index in [0.29, 0.717) is 27.8 Å². The second-order valence-corrected chi connectivity index (χ2v) is 5.56. The number of halogens is 1. The second-order valence-electron chi connectivity index (χ2n) is 5.12. The minimum Gasteiger partial charge on any atom is -0.497 e. The Bertz CT molecular complexity index is 722. The Morgan fingerprint density at radius 3 is 2.60 bits per heavy atom. The van der Waals surface area contributed by atoms with E-state index in [1.54, 1.807) is 42.5 Å². The topological polar surface area (TPSA) is 77.0 Å². The summed E-state index contributed by atoms with van der Waals surface area (Å²) in [5.74, 6) is 0.598. The van der Waals surface area contributed by atoms with Crippen molar-refractivity contribution >= 4 is 23.3 Å². The predicted molar refractivity (Wildman–Crippen MR) is 95.4 cm³/mol. The zero-order valence-electron chi connectivity index (χ0n) is 14.0. The number of carbonyl (C=O) groups excluding carboxylic acids is 1. The molecule has 0 amide bonds. The molecule has 0 aliphatic rings. The number of carbonyl (C=O) groups is 1. The monoisotopic (exact) mass is 365 g/mol. The van der Waals surface area contributed by atoms with Gasteiger partial charge < -0.3 is 24.6 Å². The molecular formula is C18H20ClNO5. The lowest BCUT2D eigenvalue weighted by Crippen LogP contribution is -2.22. The molecule has 7 heteroatoms. The first-order valence-corrected chi connectivity index (χ1v) is 7.97. The number of ether oxygens (including phenoxy) is 3. The van der Waals surface area contributed by atoms with Crippen molar-refractivity contribution in [3.63, 3.8) is 0 Å². The number of hydrogen-bond acceptors (Lipinski definition) is 6. The van der Waals surface area contributed by atoms with Gasteiger partial charge in [-0.2, -0.15) is 0 Å². The summed E-state index contributed by atoms with van der Waals surface area (Å²) >= 11 is 6.03. The van der Waals surface area contributed by atoms with Gasteiger partial charge in [0.25, 0.3) is 0 Å². The van der Waals surface area contributed by atoms with E-state index in [1.807, 2.05) is 0 Å². The van der Waals surface area contributed by atoms with Crippen LogP contribution in [0.25, 0.3) is 0 Å². The van der Waals surface area contributed by atoms with Crippen molar-refractivity contribution in [2.75, 3.05) is 32.8 Å². The van der Waals surface area contributed by atoms with Crippen LogP contribution < -0.4 is 14.8 Å². The Morgan fingerprint density at radius 1 is 1.20 bits per heavy atom. The van der Waals surface area contributed by atoms with Gasteiger partial charge in [-0.25, -0.2) is 4.79 Å². The molecule has 0 saturated heterocycles. The number of benzene rings is 2. The number of aliphatic hydroxyl groups excluding tert-OH is 1. The van der Waals surface area contributed by atoms with Crippen LogP contribution in [0.5, 0.6) is 11.5 Å². The minimum atomic E-state index is -0.749. The Morgan fingerprint density at radius 2 is 1.96 bits per heavy atom. The number of methoxy groups -OCH3 is 2. The van der Waals surface area contributed by atoms with E-state index < -0.39 is 12.0 Å². The first-order valence-electron chi connectivity index (χ1n) is 7.60. The molecule has 2 N–H and O–H groups in total. The van der Waals surface area contributed by atoms with Crippen molar-refractivity contribution in [1.29, 1.82) is 0 Å². The van der Waals surface area contributed by atoms with Gasteiger partial charge in [-0.15, -0.1) is 0 Å². The van der Waals surface area contributed by atoms with Gasteiger partial charge in [0, 0.05) is 28.9 Å². The highest BCUT2D eigenvalue weighted by Gasteiger charge is 2.22. The highest BCUT2D eigenvalue weighted by atomic mass is 35.5. The normalized spacial score (nSPS) is 11.5. The molecule has 0 aliphatic heterocycles. The molecule has 0 radical (unpaired) electrons. The number of aliphatic hydroxyl groups is 1. The molecule has 0 aliphatic carbocycles. The lowest BCUT2D eigenvalue weighted by atomic mass is 10.1. The van der Waals surface area contributed by atoms with E-state index in [0.717, 1.165) is 0 Å². The third-order valence-corrected chi connectivity index (χ3v) is 3.64. The second kappa shape index (κ2) is 9.15. The molecule has 1 unspecified atom stereocenters. The summed E-state index contributed by atoms with van der Waals surface area (Å²) in [6, 6.07) is 11.3. The highest BCUT2D eigenvalue weighted by molar-refractivity contribution is 6.30. The summed E-state index contributed by atoms with van der Waals surface area (Å²) in [6.45, 7) is 0.0502. The molecule has 6 nitrogen and oxygen atoms in total. The van der Waals surface area contributed by atoms with Crippen LogP contribution in [0.2, 0.25) is 5.02 Å². The SMILES string of the molecule is COC(=O)C(Nc1cc(OC)cc(OCCO)c1)c1cccc(Cl)c1. The Balaban J connectivity index is 2.33. The van der Waals surface area contributed by atoms with Gasteiger partial charge in [0.1, 0.15) is 18.1 Å². The number of anilines is 1. The van der Waals surface area contributed by atoms with E-state index in [1.165, 1.54) is 14.2 Å². The largest absolute Gasteiger partial charge is 0.497 e. The molecule has 0 bridgehead atoms. The van der Waals surface area contributed by atoms with Crippen LogP contribution in [0.15, 0.2) is 42.5 Å². The first kappa shape index (κ1) is 18.9. The summed E-state index contributed by atoms with van der Waals surface area (Å²) in [6.07, 6.45) is 0. The number of rotatable bonds is 8. The summed E-state index contributed by atoms with van der Waals surface area (Å²) in [5, 5.41) is 12.5. The Hall–Kier alpha value is -2.44. The van der Waals surface area contributed by atoms with Crippen LogP contribution in [-0.4, -0.2) is 38.5 Å². The van der Waals surface area contributed by atoms with Crippen LogP contribution in [0.3, 0.4) is 0 Å². The molecule has 0 saturated carbocycles. The molecule has 0 fully saturated rings. The van der Waals surface area contributed by atoms with Gasteiger partial charge >= 0.3 is 5.97 Å². The zero-order valence-corrected chi connectivity index (χ0v) is 14.7. The smallest absolute Gasteiger partial charge is 0.332 e. The fourth-order valence-electron chi connectivity index (χ4n) is 2.27. The zero-order chi connectivity index (χ0) is 18.2. The lowest BCUT2D eigenvalue weighted by molar-refractivity contribution is -0.141. The third-order valence-electron chi connectivity index (χ3n) is 3.41. The molecule has 2 aromatic carbocycles. The van der Waals surface area contributed by atoms with Crippen molar-refractivity contribution in [1.82, 2.24) is 0 Å². The predicted octanol–water partition coefficient (Wildman–Crippen LogP) is 3.05. The van der Waals surface area contributed by atoms with Gasteiger partial charge in [-0.3, -0.25) is 0 Å². The molecule has 2 aromatic rings. The summed E-state index contributed by atoms with van der Waals surface area (Å²) in [7, 11) is 2.85. The average molecular weight is 366 g/mol. The van der Waals surface area contributed by atoms with Crippen molar-refractivity contribution in [3.05, 3.63) is 53.1 Å². The van der Waals surface area contributed by atoms with Gasteiger partial charge in [0.05, 0.1) is 20.8 Å². The van der Waals surface area contributed by atoms with E-state index in [9.17, 15) is 4.79 Å². The quantitative estimate of drug-likeness (QED) is 0.700. The summed E-state index contributed by atoms with van der Waals surface area (Å²) < 4.78 is 15.6. The van der Waals surface area contributed by atoms with Crippen molar-refractivity contribution in [2.45, 2.75) is 6.04 Å². The highest BCUT2D eigenvalue weighted by Crippen LogP contribution is 2.30. The van der Waals surface area contributed by atoms with Crippen LogP contribution in [0.1, 0.15) is 11.6 Å². The maximum Gasteiger partial charge on any atom is 0.332 e. The molecule has 0 aromatic heterocycles. The van der Waals surface area contributed by atoms with Crippen LogP contribution in [0.4, 0.5) is 5.69 Å².